The zero-order valence-corrected chi connectivity index (χ0v) is 33.4. The van der Waals surface area contributed by atoms with Crippen molar-refractivity contribution in [2.24, 2.45) is 0 Å². The molecular weight excluding hydrogens is 868 g/mol. The van der Waals surface area contributed by atoms with Crippen molar-refractivity contribution in [3.8, 4) is 34.3 Å². The number of phenolic OH excluding ortho intramolecular Hbond substituents is 2. The maximum Gasteiger partial charge on any atom is 0.239 e. The van der Waals surface area contributed by atoms with Gasteiger partial charge in [-0.05, 0) is 31.2 Å². The summed E-state index contributed by atoms with van der Waals surface area (Å²) in [7, 11) is 0. The second-order valence-corrected chi connectivity index (χ2v) is 15.7. The first-order valence-corrected chi connectivity index (χ1v) is 19.9. The maximum absolute atomic E-state index is 14.5. The summed E-state index contributed by atoms with van der Waals surface area (Å²) in [5.74, 6) is -2.49. The van der Waals surface area contributed by atoms with Gasteiger partial charge in [-0.25, -0.2) is 0 Å². The topological polar surface area (TPSA) is 408 Å². The van der Waals surface area contributed by atoms with Crippen molar-refractivity contribution >= 4 is 11.0 Å². The van der Waals surface area contributed by atoms with Crippen LogP contribution in [-0.4, -0.2) is 219 Å². The van der Waals surface area contributed by atoms with Crippen molar-refractivity contribution < 1.29 is 119 Å². The Morgan fingerprint density at radius 3 is 1.64 bits per heavy atom. The molecule has 4 aliphatic rings. The predicted octanol–water partition coefficient (Wildman–Crippen LogP) is -6.10. The van der Waals surface area contributed by atoms with Gasteiger partial charge in [0.25, 0.3) is 0 Å². The van der Waals surface area contributed by atoms with E-state index in [1.165, 1.54) is 31.2 Å². The van der Waals surface area contributed by atoms with Crippen LogP contribution in [0.3, 0.4) is 0 Å². The Morgan fingerprint density at radius 2 is 1.05 bits per heavy atom. The summed E-state index contributed by atoms with van der Waals surface area (Å²) in [5, 5.41) is 157. The van der Waals surface area contributed by atoms with E-state index in [9.17, 15) is 81.4 Å². The number of aliphatic hydroxyl groups excluding tert-OH is 13. The fraction of sp³-hybridized carbons (Fsp3) is 0.615. The predicted molar refractivity (Wildman–Crippen MR) is 204 cm³/mol. The van der Waals surface area contributed by atoms with E-state index in [2.05, 4.69) is 0 Å². The van der Waals surface area contributed by atoms with Crippen molar-refractivity contribution in [3.05, 3.63) is 46.6 Å². The number of phenols is 2. The Morgan fingerprint density at radius 1 is 0.547 bits per heavy atom. The molecule has 4 fully saturated rings. The molecule has 0 radical (unpaired) electrons. The molecule has 0 unspecified atom stereocenters. The molecule has 5 heterocycles. The number of ether oxygens (including phenoxy) is 8. The first kappa shape index (κ1) is 48.0. The fourth-order valence-corrected chi connectivity index (χ4v) is 7.69. The van der Waals surface area contributed by atoms with Gasteiger partial charge in [0.1, 0.15) is 114 Å². The van der Waals surface area contributed by atoms with Crippen molar-refractivity contribution in [2.75, 3.05) is 19.8 Å². The lowest BCUT2D eigenvalue weighted by Gasteiger charge is -2.48. The van der Waals surface area contributed by atoms with Gasteiger partial charge in [0.2, 0.25) is 23.8 Å². The van der Waals surface area contributed by atoms with Crippen LogP contribution in [0.4, 0.5) is 0 Å². The Labute approximate surface area is 360 Å². The van der Waals surface area contributed by atoms with Gasteiger partial charge < -0.3 is 119 Å². The molecule has 64 heavy (non-hydrogen) atoms. The van der Waals surface area contributed by atoms with E-state index < -0.39 is 171 Å². The zero-order valence-electron chi connectivity index (χ0n) is 33.4. The average molecular weight is 919 g/mol. The molecule has 0 saturated carbocycles. The van der Waals surface area contributed by atoms with Crippen LogP contribution in [-0.2, 0) is 28.4 Å². The molecule has 15 N–H and O–H groups in total. The van der Waals surface area contributed by atoms with E-state index in [0.717, 1.165) is 12.1 Å². The van der Waals surface area contributed by atoms with Crippen molar-refractivity contribution in [1.82, 2.24) is 0 Å². The molecule has 25 heteroatoms. The molecule has 0 bridgehead atoms. The van der Waals surface area contributed by atoms with Gasteiger partial charge in [-0.3, -0.25) is 4.79 Å². The largest absolute Gasteiger partial charge is 0.508 e. The van der Waals surface area contributed by atoms with Crippen LogP contribution in [0, 0.1) is 0 Å². The highest BCUT2D eigenvalue weighted by Gasteiger charge is 2.55. The van der Waals surface area contributed by atoms with Crippen LogP contribution in [0.1, 0.15) is 6.92 Å². The molecule has 3 aromatic rings. The third-order valence-corrected chi connectivity index (χ3v) is 11.4. The lowest BCUT2D eigenvalue weighted by Crippen LogP contribution is -2.67. The minimum absolute atomic E-state index is 0.0358. The molecule has 2 aromatic carbocycles. The number of hydrogen-bond donors (Lipinski definition) is 15. The number of rotatable bonds is 12. The number of fused-ring (bicyclic) bond motifs is 1. The Kier molecular flexibility index (Phi) is 14.6. The SMILES string of the molecule is C[C@@H]1O[C@H](Oc2cc(O)c3c(=O)c(O[C@@H]4O[C@@H](CO)[C@H](O)[C@@H](O)[C@@H]4O[C@@H]4O[C@@H](CO)[C@H](O)[C@@H](O)[C@@H]4O[C@@H]4O[C@@H](CO)[C@H](O)[C@@H](O)[C@@H]4O)c(-c4ccc(O)cc4)oc3c2)[C@H](O)[C@H](O)[C@H]1O. The highest BCUT2D eigenvalue weighted by Crippen LogP contribution is 2.40. The normalized spacial score (nSPS) is 40.6. The van der Waals surface area contributed by atoms with Gasteiger partial charge in [-0.2, -0.15) is 0 Å². The zero-order chi connectivity index (χ0) is 46.5. The molecule has 0 spiro atoms. The van der Waals surface area contributed by atoms with E-state index in [1.54, 1.807) is 0 Å². The van der Waals surface area contributed by atoms with E-state index in [1.807, 2.05) is 0 Å². The molecule has 25 nitrogen and oxygen atoms in total. The van der Waals surface area contributed by atoms with Crippen LogP contribution in [0.5, 0.6) is 23.0 Å². The van der Waals surface area contributed by atoms with Crippen molar-refractivity contribution in [1.29, 1.82) is 0 Å². The number of aliphatic hydroxyl groups is 13. The monoisotopic (exact) mass is 918 g/mol. The first-order chi connectivity index (χ1) is 30.4. The summed E-state index contributed by atoms with van der Waals surface area (Å²) < 4.78 is 51.9. The second kappa shape index (κ2) is 19.5. The summed E-state index contributed by atoms with van der Waals surface area (Å²) in [4.78, 5) is 14.5. The number of benzene rings is 2. The van der Waals surface area contributed by atoms with Crippen molar-refractivity contribution in [2.45, 2.75) is 130 Å². The molecule has 4 saturated heterocycles. The van der Waals surface area contributed by atoms with Gasteiger partial charge in [0.15, 0.2) is 24.4 Å². The molecule has 4 aliphatic heterocycles. The average Bonchev–Trinajstić information content (AvgIpc) is 3.27. The first-order valence-electron chi connectivity index (χ1n) is 19.9. The molecule has 0 aliphatic carbocycles. The Bertz CT molecular complexity index is 2100. The Hall–Kier alpha value is -3.91. The van der Waals surface area contributed by atoms with E-state index in [-0.39, 0.29) is 22.6 Å². The summed E-state index contributed by atoms with van der Waals surface area (Å²) in [6.45, 7) is -1.38. The minimum Gasteiger partial charge on any atom is -0.508 e. The molecule has 20 atom stereocenters. The summed E-state index contributed by atoms with van der Waals surface area (Å²) in [6.07, 6.45) is -36.4. The van der Waals surface area contributed by atoms with Crippen molar-refractivity contribution in [3.63, 3.8) is 0 Å². The second-order valence-electron chi connectivity index (χ2n) is 15.7. The quantitative estimate of drug-likeness (QED) is 0.0804. The van der Waals surface area contributed by atoms with Gasteiger partial charge in [-0.15, -0.1) is 0 Å². The fourth-order valence-electron chi connectivity index (χ4n) is 7.69. The maximum atomic E-state index is 14.5. The van der Waals surface area contributed by atoms with Crippen LogP contribution >= 0.6 is 0 Å². The summed E-state index contributed by atoms with van der Waals surface area (Å²) >= 11 is 0. The van der Waals surface area contributed by atoms with Gasteiger partial charge in [0.05, 0.1) is 25.9 Å². The van der Waals surface area contributed by atoms with Gasteiger partial charge in [0, 0.05) is 17.7 Å². The van der Waals surface area contributed by atoms with Gasteiger partial charge in [-0.1, -0.05) is 0 Å². The molecule has 1 aromatic heterocycles. The summed E-state index contributed by atoms with van der Waals surface area (Å²) in [5.41, 5.74) is -1.47. The lowest BCUT2D eigenvalue weighted by molar-refractivity contribution is -0.389. The molecule has 7 rings (SSSR count). The number of hydrogen-bond acceptors (Lipinski definition) is 25. The van der Waals surface area contributed by atoms with Crippen LogP contribution in [0.25, 0.3) is 22.3 Å². The highest BCUT2D eigenvalue weighted by molar-refractivity contribution is 5.88. The van der Waals surface area contributed by atoms with E-state index in [0.29, 0.717) is 0 Å². The standard InChI is InChI=1S/C39H50O25/c1-11-21(45)26(50)30(54)36(56-11)57-14-6-15(44)20-16(7-14)58-32(12-2-4-13(43)5-3-12)33(25(20)49)62-38-35(29(53)24(48)18(9-41)60-38)64-39-34(28(52)23(47)19(10-42)61-39)63-37-31(55)27(51)22(46)17(8-40)59-37/h2-7,11,17-19,21-24,26-31,34-48,50-55H,8-10H2,1H3/t11-,17-,18-,19-,21-,22-,23-,24-,26+,27+,28+,29+,30+,31-,34-,35-,36+,37-,38-,39-/m0/s1. The van der Waals surface area contributed by atoms with Crippen LogP contribution < -0.4 is 14.9 Å². The van der Waals surface area contributed by atoms with Crippen LogP contribution in [0.2, 0.25) is 0 Å². The third-order valence-electron chi connectivity index (χ3n) is 11.4. The number of aromatic hydroxyl groups is 2. The van der Waals surface area contributed by atoms with Crippen LogP contribution in [0.15, 0.2) is 45.6 Å². The lowest BCUT2D eigenvalue weighted by atomic mass is 9.96. The summed E-state index contributed by atoms with van der Waals surface area (Å²) in [6, 6.07) is 7.04. The smallest absolute Gasteiger partial charge is 0.239 e. The highest BCUT2D eigenvalue weighted by atomic mass is 16.8. The van der Waals surface area contributed by atoms with E-state index in [4.69, 9.17) is 42.3 Å². The van der Waals surface area contributed by atoms with E-state index >= 15 is 0 Å². The Balaban J connectivity index is 1.27. The third kappa shape index (κ3) is 9.12. The molecule has 356 valence electrons. The molecule has 0 amide bonds. The molecular formula is C39H50O25. The van der Waals surface area contributed by atoms with Gasteiger partial charge >= 0.3 is 0 Å². The minimum atomic E-state index is -2.14.